The number of likely N-dealkylation sites (tertiary alicyclic amines) is 1. The van der Waals surface area contributed by atoms with Gasteiger partial charge in [0.1, 0.15) is 0 Å². The van der Waals surface area contributed by atoms with Crippen molar-refractivity contribution in [3.63, 3.8) is 0 Å². The second-order valence-corrected chi connectivity index (χ2v) is 11.2. The van der Waals surface area contributed by atoms with Crippen LogP contribution in [0.5, 0.6) is 0 Å². The largest absolute Gasteiger partial charge is 0.378 e. The molecule has 0 bridgehead atoms. The van der Waals surface area contributed by atoms with Gasteiger partial charge < -0.3 is 19.9 Å². The minimum atomic E-state index is -3.26. The summed E-state index contributed by atoms with van der Waals surface area (Å²) in [5.74, 6) is 2.50. The lowest BCUT2D eigenvalue weighted by Crippen LogP contribution is -2.54. The molecule has 2 saturated heterocycles. The Hall–Kier alpha value is -0.170. The van der Waals surface area contributed by atoms with E-state index in [1.165, 1.54) is 19.5 Å². The maximum absolute atomic E-state index is 12.5. The average Bonchev–Trinajstić information content (AvgIpc) is 2.67. The SMILES string of the molecule is CN=C(NCCCN1CC(C)CC(C)C1)N1CCN(S(=O)(=O)CCOC(C)C)CC1.I. The minimum Gasteiger partial charge on any atom is -0.378 e. The van der Waals surface area contributed by atoms with Crippen LogP contribution in [-0.4, -0.2) is 106 Å². The van der Waals surface area contributed by atoms with E-state index in [0.717, 1.165) is 37.3 Å². The summed E-state index contributed by atoms with van der Waals surface area (Å²) in [7, 11) is -1.47. The van der Waals surface area contributed by atoms with E-state index in [-0.39, 0.29) is 42.4 Å². The number of piperazine rings is 1. The first-order chi connectivity index (χ1) is 14.2. The lowest BCUT2D eigenvalue weighted by Gasteiger charge is -2.36. The van der Waals surface area contributed by atoms with Crippen molar-refractivity contribution in [1.82, 2.24) is 19.4 Å². The Kier molecular flexibility index (Phi) is 13.2. The Morgan fingerprint density at radius 2 is 1.74 bits per heavy atom. The number of ether oxygens (including phenoxy) is 1. The normalized spacial score (nSPS) is 24.3. The van der Waals surface area contributed by atoms with Crippen molar-refractivity contribution in [1.29, 1.82) is 0 Å². The van der Waals surface area contributed by atoms with E-state index in [9.17, 15) is 8.42 Å². The minimum absolute atomic E-state index is 0. The van der Waals surface area contributed by atoms with Gasteiger partial charge >= 0.3 is 0 Å². The van der Waals surface area contributed by atoms with Crippen molar-refractivity contribution in [2.75, 3.05) is 71.8 Å². The van der Waals surface area contributed by atoms with Crippen LogP contribution < -0.4 is 5.32 Å². The van der Waals surface area contributed by atoms with Crippen molar-refractivity contribution in [3.8, 4) is 0 Å². The van der Waals surface area contributed by atoms with Crippen LogP contribution in [0.1, 0.15) is 40.5 Å². The Labute approximate surface area is 207 Å². The highest BCUT2D eigenvalue weighted by Crippen LogP contribution is 2.20. The number of rotatable bonds is 9. The molecule has 2 fully saturated rings. The number of nitrogens with zero attached hydrogens (tertiary/aromatic N) is 4. The third-order valence-electron chi connectivity index (χ3n) is 5.81. The van der Waals surface area contributed by atoms with Crippen molar-refractivity contribution in [3.05, 3.63) is 0 Å². The summed E-state index contributed by atoms with van der Waals surface area (Å²) in [6.07, 6.45) is 2.48. The van der Waals surface area contributed by atoms with E-state index >= 15 is 0 Å². The molecule has 10 heteroatoms. The van der Waals surface area contributed by atoms with E-state index in [2.05, 4.69) is 34.0 Å². The lowest BCUT2D eigenvalue weighted by molar-refractivity contribution is 0.0904. The molecule has 0 amide bonds. The molecule has 0 aromatic rings. The summed E-state index contributed by atoms with van der Waals surface area (Å²) >= 11 is 0. The molecule has 0 spiro atoms. The smallest absolute Gasteiger partial charge is 0.216 e. The second kappa shape index (κ2) is 14.2. The van der Waals surface area contributed by atoms with Crippen LogP contribution in [0.3, 0.4) is 0 Å². The van der Waals surface area contributed by atoms with Gasteiger partial charge in [-0.3, -0.25) is 4.99 Å². The molecular weight excluding hydrogens is 529 g/mol. The van der Waals surface area contributed by atoms with Gasteiger partial charge in [0.05, 0.1) is 18.5 Å². The summed E-state index contributed by atoms with van der Waals surface area (Å²) in [5.41, 5.74) is 0. The Morgan fingerprint density at radius 1 is 1.13 bits per heavy atom. The number of piperidine rings is 1. The highest BCUT2D eigenvalue weighted by Gasteiger charge is 2.28. The summed E-state index contributed by atoms with van der Waals surface area (Å²) in [6, 6.07) is 0. The van der Waals surface area contributed by atoms with Gasteiger partial charge in [-0.15, -0.1) is 24.0 Å². The molecule has 1 N–H and O–H groups in total. The molecule has 0 aromatic carbocycles. The van der Waals surface area contributed by atoms with Gasteiger partial charge in [-0.2, -0.15) is 4.31 Å². The zero-order valence-electron chi connectivity index (χ0n) is 20.0. The molecular formula is C21H44IN5O3S. The molecule has 2 heterocycles. The van der Waals surface area contributed by atoms with E-state index < -0.39 is 10.0 Å². The quantitative estimate of drug-likeness (QED) is 0.197. The van der Waals surface area contributed by atoms with Gasteiger partial charge in [0.15, 0.2) is 5.96 Å². The monoisotopic (exact) mass is 573 g/mol. The van der Waals surface area contributed by atoms with Crippen LogP contribution in [0.4, 0.5) is 0 Å². The van der Waals surface area contributed by atoms with Gasteiger partial charge in [-0.25, -0.2) is 8.42 Å². The summed E-state index contributed by atoms with van der Waals surface area (Å²) in [6.45, 7) is 15.5. The van der Waals surface area contributed by atoms with Crippen LogP contribution in [0.15, 0.2) is 4.99 Å². The topological polar surface area (TPSA) is 77.5 Å². The van der Waals surface area contributed by atoms with Gasteiger partial charge in [0.2, 0.25) is 10.0 Å². The van der Waals surface area contributed by atoms with Crippen LogP contribution in [0.2, 0.25) is 0 Å². The predicted molar refractivity (Wildman–Crippen MR) is 139 cm³/mol. The molecule has 2 unspecified atom stereocenters. The number of sulfonamides is 1. The van der Waals surface area contributed by atoms with Gasteiger partial charge in [-0.05, 0) is 45.1 Å². The Bertz CT molecular complexity index is 629. The molecule has 2 aliphatic heterocycles. The number of aliphatic imine (C=N–C) groups is 1. The number of hydrogen-bond acceptors (Lipinski definition) is 5. The molecule has 0 saturated carbocycles. The number of hydrogen-bond donors (Lipinski definition) is 1. The van der Waals surface area contributed by atoms with Crippen LogP contribution in [0.25, 0.3) is 0 Å². The van der Waals surface area contributed by atoms with Crippen LogP contribution >= 0.6 is 24.0 Å². The molecule has 0 aliphatic carbocycles. The average molecular weight is 574 g/mol. The molecule has 31 heavy (non-hydrogen) atoms. The third kappa shape index (κ3) is 10.1. The fourth-order valence-electron chi connectivity index (χ4n) is 4.51. The van der Waals surface area contributed by atoms with Crippen LogP contribution in [-0.2, 0) is 14.8 Å². The summed E-state index contributed by atoms with van der Waals surface area (Å²) < 4.78 is 32.0. The van der Waals surface area contributed by atoms with Gasteiger partial charge in [0, 0.05) is 52.9 Å². The van der Waals surface area contributed by atoms with Crippen molar-refractivity contribution in [2.24, 2.45) is 16.8 Å². The molecule has 8 nitrogen and oxygen atoms in total. The molecule has 184 valence electrons. The van der Waals surface area contributed by atoms with Gasteiger partial charge in [-0.1, -0.05) is 13.8 Å². The number of guanidine groups is 1. The molecule has 0 radical (unpaired) electrons. The van der Waals surface area contributed by atoms with Gasteiger partial charge in [0.25, 0.3) is 0 Å². The van der Waals surface area contributed by atoms with Crippen molar-refractivity contribution in [2.45, 2.75) is 46.6 Å². The summed E-state index contributed by atoms with van der Waals surface area (Å²) in [5, 5.41) is 3.46. The van der Waals surface area contributed by atoms with Crippen molar-refractivity contribution < 1.29 is 13.2 Å². The Balaban J connectivity index is 0.00000480. The lowest BCUT2D eigenvalue weighted by atomic mass is 9.92. The maximum atomic E-state index is 12.5. The zero-order chi connectivity index (χ0) is 22.1. The van der Waals surface area contributed by atoms with E-state index in [4.69, 9.17) is 4.74 Å². The number of nitrogens with one attached hydrogen (secondary N) is 1. The molecule has 2 atom stereocenters. The zero-order valence-corrected chi connectivity index (χ0v) is 23.2. The third-order valence-corrected chi connectivity index (χ3v) is 7.65. The maximum Gasteiger partial charge on any atom is 0.216 e. The highest BCUT2D eigenvalue weighted by atomic mass is 127. The van der Waals surface area contributed by atoms with E-state index in [1.54, 1.807) is 11.4 Å². The highest BCUT2D eigenvalue weighted by molar-refractivity contribution is 14.0. The van der Waals surface area contributed by atoms with E-state index in [0.29, 0.717) is 26.2 Å². The predicted octanol–water partition coefficient (Wildman–Crippen LogP) is 1.92. The first-order valence-corrected chi connectivity index (χ1v) is 13.1. The standard InChI is InChI=1S/C21H43N5O3S.HI/c1-18(2)29-13-14-30(27,28)26-11-9-25(10-12-26)21(22-5)23-7-6-8-24-16-19(3)15-20(4)17-24;/h18-20H,6-17H2,1-5H3,(H,22,23);1H. The number of halogens is 1. The van der Waals surface area contributed by atoms with Crippen LogP contribution in [0, 0.1) is 11.8 Å². The molecule has 2 aliphatic rings. The second-order valence-electron chi connectivity index (χ2n) is 9.15. The van der Waals surface area contributed by atoms with Crippen molar-refractivity contribution >= 4 is 40.0 Å². The first kappa shape index (κ1) is 28.9. The summed E-state index contributed by atoms with van der Waals surface area (Å²) in [4.78, 5) is 9.14. The fraction of sp³-hybridized carbons (Fsp3) is 0.952. The first-order valence-electron chi connectivity index (χ1n) is 11.5. The van der Waals surface area contributed by atoms with E-state index in [1.807, 2.05) is 13.8 Å². The molecule has 2 rings (SSSR count). The Morgan fingerprint density at radius 3 is 2.29 bits per heavy atom. The molecule has 0 aromatic heterocycles. The fourth-order valence-corrected chi connectivity index (χ4v) is 5.79.